The van der Waals surface area contributed by atoms with Gasteiger partial charge in [-0.05, 0) is 25.0 Å². The Morgan fingerprint density at radius 1 is 1.39 bits per heavy atom. The average molecular weight is 275 g/mol. The molecule has 0 aliphatic carbocycles. The van der Waals surface area contributed by atoms with Gasteiger partial charge in [-0.25, -0.2) is 4.39 Å². The standard InChI is InChI=1S/C14H20ClFO2/c1-3-6-13(18-4-2)12(17)9-10-7-5-8-11(15)14(10)16/h5,7-8,12-13,17H,3-4,6,9H2,1-2H3. The van der Waals surface area contributed by atoms with Gasteiger partial charge in [0.25, 0.3) is 0 Å². The lowest BCUT2D eigenvalue weighted by Gasteiger charge is -2.22. The van der Waals surface area contributed by atoms with Crippen LogP contribution in [-0.2, 0) is 11.2 Å². The molecule has 0 fully saturated rings. The molecular weight excluding hydrogens is 255 g/mol. The first-order valence-electron chi connectivity index (χ1n) is 6.32. The van der Waals surface area contributed by atoms with E-state index in [1.165, 1.54) is 6.07 Å². The molecule has 0 amide bonds. The van der Waals surface area contributed by atoms with Gasteiger partial charge < -0.3 is 9.84 Å². The summed E-state index contributed by atoms with van der Waals surface area (Å²) in [6.07, 6.45) is 0.935. The van der Waals surface area contributed by atoms with Crippen molar-refractivity contribution < 1.29 is 14.2 Å². The maximum Gasteiger partial charge on any atom is 0.145 e. The summed E-state index contributed by atoms with van der Waals surface area (Å²) in [4.78, 5) is 0. The van der Waals surface area contributed by atoms with E-state index < -0.39 is 11.9 Å². The van der Waals surface area contributed by atoms with E-state index in [1.807, 2.05) is 13.8 Å². The second-order valence-corrected chi connectivity index (χ2v) is 4.67. The fourth-order valence-corrected chi connectivity index (χ4v) is 2.14. The molecule has 0 bridgehead atoms. The van der Waals surface area contributed by atoms with Crippen LogP contribution in [0.1, 0.15) is 32.3 Å². The number of halogens is 2. The van der Waals surface area contributed by atoms with Crippen molar-refractivity contribution in [3.8, 4) is 0 Å². The van der Waals surface area contributed by atoms with Gasteiger partial charge in [0.1, 0.15) is 5.82 Å². The maximum atomic E-state index is 13.7. The summed E-state index contributed by atoms with van der Waals surface area (Å²) in [7, 11) is 0. The molecule has 2 nitrogen and oxygen atoms in total. The molecule has 0 saturated carbocycles. The quantitative estimate of drug-likeness (QED) is 0.823. The van der Waals surface area contributed by atoms with Crippen LogP contribution in [0.15, 0.2) is 18.2 Å². The molecule has 102 valence electrons. The van der Waals surface area contributed by atoms with E-state index in [-0.39, 0.29) is 17.5 Å². The van der Waals surface area contributed by atoms with Crippen molar-refractivity contribution in [2.45, 2.75) is 45.3 Å². The Balaban J connectivity index is 2.72. The summed E-state index contributed by atoms with van der Waals surface area (Å²) in [5, 5.41) is 10.2. The van der Waals surface area contributed by atoms with Crippen molar-refractivity contribution in [2.75, 3.05) is 6.61 Å². The number of hydrogen-bond donors (Lipinski definition) is 1. The highest BCUT2D eigenvalue weighted by Gasteiger charge is 2.20. The Bertz CT molecular complexity index is 365. The van der Waals surface area contributed by atoms with E-state index in [1.54, 1.807) is 12.1 Å². The van der Waals surface area contributed by atoms with Crippen LogP contribution >= 0.6 is 11.6 Å². The summed E-state index contributed by atoms with van der Waals surface area (Å²) in [6.45, 7) is 4.45. The van der Waals surface area contributed by atoms with Gasteiger partial charge in [-0.3, -0.25) is 0 Å². The largest absolute Gasteiger partial charge is 0.390 e. The third kappa shape index (κ3) is 4.23. The van der Waals surface area contributed by atoms with E-state index in [4.69, 9.17) is 16.3 Å². The van der Waals surface area contributed by atoms with Crippen LogP contribution in [0.5, 0.6) is 0 Å². The molecule has 2 unspecified atom stereocenters. The first-order chi connectivity index (χ1) is 8.60. The summed E-state index contributed by atoms with van der Waals surface area (Å²) < 4.78 is 19.2. The highest BCUT2D eigenvalue weighted by Crippen LogP contribution is 2.21. The van der Waals surface area contributed by atoms with Gasteiger partial charge in [-0.2, -0.15) is 0 Å². The van der Waals surface area contributed by atoms with Crippen LogP contribution in [0.25, 0.3) is 0 Å². The lowest BCUT2D eigenvalue weighted by Crippen LogP contribution is -2.31. The van der Waals surface area contributed by atoms with E-state index in [0.29, 0.717) is 12.2 Å². The molecule has 18 heavy (non-hydrogen) atoms. The maximum absolute atomic E-state index is 13.7. The molecule has 1 aromatic rings. The van der Waals surface area contributed by atoms with E-state index in [9.17, 15) is 9.50 Å². The SMILES string of the molecule is CCCC(OCC)C(O)Cc1cccc(Cl)c1F. The van der Waals surface area contributed by atoms with Gasteiger partial charge in [0.05, 0.1) is 17.2 Å². The number of rotatable bonds is 7. The predicted octanol–water partition coefficient (Wildman–Crippen LogP) is 3.59. The molecule has 0 radical (unpaired) electrons. The van der Waals surface area contributed by atoms with Crippen molar-refractivity contribution in [1.82, 2.24) is 0 Å². The second-order valence-electron chi connectivity index (χ2n) is 4.27. The molecule has 0 aliphatic rings. The third-order valence-electron chi connectivity index (χ3n) is 2.84. The Morgan fingerprint density at radius 2 is 2.11 bits per heavy atom. The Hall–Kier alpha value is -0.640. The minimum Gasteiger partial charge on any atom is -0.390 e. The van der Waals surface area contributed by atoms with Crippen molar-refractivity contribution >= 4 is 11.6 Å². The fourth-order valence-electron chi connectivity index (χ4n) is 1.95. The van der Waals surface area contributed by atoms with Crippen LogP contribution in [0.2, 0.25) is 5.02 Å². The first-order valence-corrected chi connectivity index (χ1v) is 6.70. The van der Waals surface area contributed by atoms with Gasteiger partial charge in [0.2, 0.25) is 0 Å². The number of benzene rings is 1. The summed E-state index contributed by atoms with van der Waals surface area (Å²) in [6, 6.07) is 4.82. The van der Waals surface area contributed by atoms with Crippen molar-refractivity contribution in [1.29, 1.82) is 0 Å². The van der Waals surface area contributed by atoms with Gasteiger partial charge >= 0.3 is 0 Å². The zero-order valence-electron chi connectivity index (χ0n) is 10.8. The van der Waals surface area contributed by atoms with Crippen molar-refractivity contribution in [3.05, 3.63) is 34.6 Å². The van der Waals surface area contributed by atoms with E-state index in [0.717, 1.165) is 12.8 Å². The average Bonchev–Trinajstić information content (AvgIpc) is 2.34. The summed E-state index contributed by atoms with van der Waals surface area (Å²) in [5.41, 5.74) is 0.427. The highest BCUT2D eigenvalue weighted by molar-refractivity contribution is 6.30. The number of aliphatic hydroxyl groups excluding tert-OH is 1. The molecule has 2 atom stereocenters. The molecule has 1 aromatic carbocycles. The smallest absolute Gasteiger partial charge is 0.145 e. The van der Waals surface area contributed by atoms with Crippen LogP contribution in [0, 0.1) is 5.82 Å². The zero-order chi connectivity index (χ0) is 13.5. The van der Waals surface area contributed by atoms with E-state index in [2.05, 4.69) is 0 Å². The predicted molar refractivity (Wildman–Crippen MR) is 71.4 cm³/mol. The van der Waals surface area contributed by atoms with Crippen LogP contribution in [0.4, 0.5) is 4.39 Å². The Labute approximate surface area is 113 Å². The Kier molecular flexibility index (Phi) is 6.61. The minimum absolute atomic E-state index is 0.0863. The lowest BCUT2D eigenvalue weighted by atomic mass is 10.0. The van der Waals surface area contributed by atoms with Crippen molar-refractivity contribution in [2.24, 2.45) is 0 Å². The van der Waals surface area contributed by atoms with Crippen LogP contribution < -0.4 is 0 Å². The highest BCUT2D eigenvalue weighted by atomic mass is 35.5. The molecule has 1 rings (SSSR count). The van der Waals surface area contributed by atoms with Gasteiger partial charge in [-0.15, -0.1) is 0 Å². The molecule has 4 heteroatoms. The zero-order valence-corrected chi connectivity index (χ0v) is 11.6. The van der Waals surface area contributed by atoms with Gasteiger partial charge in [0, 0.05) is 13.0 Å². The monoisotopic (exact) mass is 274 g/mol. The first kappa shape index (κ1) is 15.4. The molecule has 0 saturated heterocycles. The van der Waals surface area contributed by atoms with Crippen molar-refractivity contribution in [3.63, 3.8) is 0 Å². The number of ether oxygens (including phenoxy) is 1. The minimum atomic E-state index is -0.710. The molecular formula is C14H20ClFO2. The summed E-state index contributed by atoms with van der Waals surface area (Å²) in [5.74, 6) is -0.454. The normalized spacial score (nSPS) is 14.5. The van der Waals surface area contributed by atoms with Gasteiger partial charge in [-0.1, -0.05) is 37.1 Å². The molecule has 0 heterocycles. The van der Waals surface area contributed by atoms with Gasteiger partial charge in [0.15, 0.2) is 0 Å². The Morgan fingerprint density at radius 3 is 2.72 bits per heavy atom. The topological polar surface area (TPSA) is 29.5 Å². The van der Waals surface area contributed by atoms with E-state index >= 15 is 0 Å². The molecule has 0 spiro atoms. The molecule has 0 aliphatic heterocycles. The second kappa shape index (κ2) is 7.72. The third-order valence-corrected chi connectivity index (χ3v) is 3.14. The number of hydrogen-bond acceptors (Lipinski definition) is 2. The summed E-state index contributed by atoms with van der Waals surface area (Å²) >= 11 is 5.71. The lowest BCUT2D eigenvalue weighted by molar-refractivity contribution is -0.0366. The van der Waals surface area contributed by atoms with Crippen LogP contribution in [0.3, 0.4) is 0 Å². The molecule has 0 aromatic heterocycles. The number of aliphatic hydroxyl groups is 1. The fraction of sp³-hybridized carbons (Fsp3) is 0.571. The van der Waals surface area contributed by atoms with Crippen LogP contribution in [-0.4, -0.2) is 23.9 Å². The molecule has 1 N–H and O–H groups in total.